The maximum Gasteiger partial charge on any atom is 0.262 e. The zero-order valence-corrected chi connectivity index (χ0v) is 21.3. The third-order valence-electron chi connectivity index (χ3n) is 5.22. The fraction of sp³-hybridized carbons (Fsp3) is 0.185. The fourth-order valence-corrected chi connectivity index (χ4v) is 3.78. The second-order valence-corrected chi connectivity index (χ2v) is 9.01. The van der Waals surface area contributed by atoms with Crippen LogP contribution in [0, 0.1) is 23.1 Å². The van der Waals surface area contributed by atoms with Crippen molar-refractivity contribution in [2.24, 2.45) is 11.0 Å². The maximum atomic E-state index is 13.9. The summed E-state index contributed by atoms with van der Waals surface area (Å²) in [5, 5.41) is 15.8. The van der Waals surface area contributed by atoms with Crippen LogP contribution in [-0.4, -0.2) is 24.1 Å². The highest BCUT2D eigenvalue weighted by atomic mass is 79.9. The molecule has 0 fully saturated rings. The van der Waals surface area contributed by atoms with Crippen molar-refractivity contribution in [1.82, 2.24) is 10.7 Å². The van der Waals surface area contributed by atoms with E-state index in [1.54, 1.807) is 50.2 Å². The second-order valence-electron chi connectivity index (χ2n) is 8.16. The van der Waals surface area contributed by atoms with Gasteiger partial charge in [0.2, 0.25) is 0 Å². The predicted octanol–water partition coefficient (Wildman–Crippen LogP) is 4.94. The van der Waals surface area contributed by atoms with Crippen LogP contribution < -0.4 is 15.5 Å². The summed E-state index contributed by atoms with van der Waals surface area (Å²) in [6.07, 6.45) is 1.45. The quantitative estimate of drug-likeness (QED) is 0.290. The summed E-state index contributed by atoms with van der Waals surface area (Å²) in [5.41, 5.74) is 4.30. The van der Waals surface area contributed by atoms with Crippen LogP contribution in [0.5, 0.6) is 5.75 Å². The van der Waals surface area contributed by atoms with Crippen LogP contribution >= 0.6 is 15.9 Å². The number of benzene rings is 3. The molecule has 1 unspecified atom stereocenters. The van der Waals surface area contributed by atoms with Gasteiger partial charge in [0.25, 0.3) is 11.8 Å². The molecule has 2 amide bonds. The minimum absolute atomic E-state index is 0.136. The largest absolute Gasteiger partial charge is 0.488 e. The average Bonchev–Trinajstić information content (AvgIpc) is 2.86. The first-order valence-electron chi connectivity index (χ1n) is 11.1. The summed E-state index contributed by atoms with van der Waals surface area (Å²) in [7, 11) is 0. The van der Waals surface area contributed by atoms with E-state index in [4.69, 9.17) is 4.74 Å². The van der Waals surface area contributed by atoms with Crippen LogP contribution in [0.1, 0.15) is 40.9 Å². The van der Waals surface area contributed by atoms with Crippen molar-refractivity contribution in [3.8, 4) is 11.8 Å². The molecule has 0 spiro atoms. The second kappa shape index (κ2) is 12.6. The molecule has 0 radical (unpaired) electrons. The van der Waals surface area contributed by atoms with E-state index < -0.39 is 23.7 Å². The van der Waals surface area contributed by atoms with E-state index in [2.05, 4.69) is 37.8 Å². The molecule has 0 saturated carbocycles. The molecular weight excluding hydrogens is 527 g/mol. The number of amides is 2. The Morgan fingerprint density at radius 2 is 1.86 bits per heavy atom. The smallest absolute Gasteiger partial charge is 0.262 e. The topological polar surface area (TPSA) is 104 Å². The van der Waals surface area contributed by atoms with Crippen molar-refractivity contribution in [3.05, 3.63) is 99.3 Å². The zero-order chi connectivity index (χ0) is 26.1. The summed E-state index contributed by atoms with van der Waals surface area (Å²) >= 11 is 3.46. The molecule has 0 aromatic heterocycles. The minimum atomic E-state index is -0.909. The molecule has 3 aromatic rings. The van der Waals surface area contributed by atoms with Gasteiger partial charge in [0.1, 0.15) is 24.2 Å². The number of nitriles is 1. The first kappa shape index (κ1) is 26.6. The molecule has 3 rings (SSSR count). The van der Waals surface area contributed by atoms with Gasteiger partial charge in [-0.1, -0.05) is 44.2 Å². The number of carbonyl (C=O) groups excluding carboxylic acids is 2. The van der Waals surface area contributed by atoms with Gasteiger partial charge >= 0.3 is 0 Å². The van der Waals surface area contributed by atoms with Crippen LogP contribution in [0.15, 0.2) is 76.3 Å². The lowest BCUT2D eigenvalue weighted by molar-refractivity contribution is -0.123. The molecule has 0 bridgehead atoms. The van der Waals surface area contributed by atoms with Gasteiger partial charge in [0, 0.05) is 5.56 Å². The highest BCUT2D eigenvalue weighted by Crippen LogP contribution is 2.26. The molecular formula is C27H24BrFN4O3. The lowest BCUT2D eigenvalue weighted by Gasteiger charge is -2.20. The first-order chi connectivity index (χ1) is 17.3. The molecule has 9 heteroatoms. The number of rotatable bonds is 9. The maximum absolute atomic E-state index is 13.9. The number of nitrogens with one attached hydrogen (secondary N) is 2. The number of hydrogen-bond acceptors (Lipinski definition) is 5. The van der Waals surface area contributed by atoms with Crippen LogP contribution in [-0.2, 0) is 11.4 Å². The van der Waals surface area contributed by atoms with Crippen LogP contribution in [0.4, 0.5) is 4.39 Å². The van der Waals surface area contributed by atoms with E-state index in [1.807, 2.05) is 12.1 Å². The molecule has 0 saturated heterocycles. The number of halogens is 2. The lowest BCUT2D eigenvalue weighted by Crippen LogP contribution is -2.48. The predicted molar refractivity (Wildman–Crippen MR) is 138 cm³/mol. The summed E-state index contributed by atoms with van der Waals surface area (Å²) < 4.78 is 20.4. The van der Waals surface area contributed by atoms with E-state index in [9.17, 15) is 19.2 Å². The number of hydrazone groups is 1. The monoisotopic (exact) mass is 550 g/mol. The number of hydrogen-bond donors (Lipinski definition) is 2. The molecule has 184 valence electrons. The average molecular weight is 551 g/mol. The van der Waals surface area contributed by atoms with Gasteiger partial charge in [-0.05, 0) is 63.8 Å². The Bertz CT molecular complexity index is 1320. The van der Waals surface area contributed by atoms with Crippen molar-refractivity contribution in [2.45, 2.75) is 26.5 Å². The number of nitrogens with zero attached hydrogens (tertiary/aromatic N) is 2. The Morgan fingerprint density at radius 3 is 2.56 bits per heavy atom. The molecule has 0 aliphatic heterocycles. The molecule has 2 N–H and O–H groups in total. The van der Waals surface area contributed by atoms with Gasteiger partial charge in [0.05, 0.1) is 27.9 Å². The van der Waals surface area contributed by atoms with Crippen LogP contribution in [0.2, 0.25) is 0 Å². The summed E-state index contributed by atoms with van der Waals surface area (Å²) in [6.45, 7) is 3.77. The molecule has 1 atom stereocenters. The molecule has 0 aliphatic carbocycles. The zero-order valence-electron chi connectivity index (χ0n) is 19.7. The first-order valence-corrected chi connectivity index (χ1v) is 11.9. The summed E-state index contributed by atoms with van der Waals surface area (Å²) in [6, 6.07) is 19.3. The van der Waals surface area contributed by atoms with Gasteiger partial charge in [-0.25, -0.2) is 9.82 Å². The highest BCUT2D eigenvalue weighted by Gasteiger charge is 2.25. The Labute approximate surface area is 217 Å². The minimum Gasteiger partial charge on any atom is -0.488 e. The highest BCUT2D eigenvalue weighted by molar-refractivity contribution is 9.10. The third-order valence-corrected chi connectivity index (χ3v) is 5.84. The fourth-order valence-electron chi connectivity index (χ4n) is 3.26. The van der Waals surface area contributed by atoms with Gasteiger partial charge < -0.3 is 10.1 Å². The van der Waals surface area contributed by atoms with Gasteiger partial charge in [-0.15, -0.1) is 0 Å². The molecule has 7 nitrogen and oxygen atoms in total. The van der Waals surface area contributed by atoms with Crippen molar-refractivity contribution >= 4 is 34.0 Å². The molecule has 3 aromatic carbocycles. The number of ether oxygens (including phenoxy) is 1. The SMILES string of the molecule is CC(C)C(NC(=O)c1ccccc1F)C(=O)N/N=C/c1ccc(OCc2ccccc2C#N)c(Br)c1. The normalized spacial score (nSPS) is 11.7. The Hall–Kier alpha value is -4.03. The van der Waals surface area contributed by atoms with E-state index in [1.165, 1.54) is 24.4 Å². The summed E-state index contributed by atoms with van der Waals surface area (Å²) in [4.78, 5) is 25.1. The molecule has 0 aliphatic rings. The molecule has 36 heavy (non-hydrogen) atoms. The van der Waals surface area contributed by atoms with Gasteiger partial charge in [0.15, 0.2) is 0 Å². The van der Waals surface area contributed by atoms with E-state index in [0.29, 0.717) is 21.3 Å². The van der Waals surface area contributed by atoms with Gasteiger partial charge in [-0.3, -0.25) is 9.59 Å². The number of carbonyl (C=O) groups is 2. The lowest BCUT2D eigenvalue weighted by atomic mass is 10.0. The van der Waals surface area contributed by atoms with Crippen molar-refractivity contribution in [1.29, 1.82) is 5.26 Å². The third kappa shape index (κ3) is 6.99. The standard InChI is InChI=1S/C27H24BrFN4O3/c1-17(2)25(32-26(34)21-9-5-6-10-23(21)29)27(35)33-31-15-18-11-12-24(22(28)13-18)36-16-20-8-4-3-7-19(20)14-30/h3-13,15,17,25H,16H2,1-2H3,(H,32,34)(H,33,35)/b31-15+. The Morgan fingerprint density at radius 1 is 1.14 bits per heavy atom. The molecule has 0 heterocycles. The summed E-state index contributed by atoms with van der Waals surface area (Å²) in [5.74, 6) is -1.54. The van der Waals surface area contributed by atoms with Gasteiger partial charge in [-0.2, -0.15) is 10.4 Å². The van der Waals surface area contributed by atoms with E-state index >= 15 is 0 Å². The Balaban J connectivity index is 1.60. The van der Waals surface area contributed by atoms with Crippen LogP contribution in [0.3, 0.4) is 0 Å². The van der Waals surface area contributed by atoms with Crippen molar-refractivity contribution in [2.75, 3.05) is 0 Å². The van der Waals surface area contributed by atoms with Crippen molar-refractivity contribution in [3.63, 3.8) is 0 Å². The van der Waals surface area contributed by atoms with Crippen molar-refractivity contribution < 1.29 is 18.7 Å². The van der Waals surface area contributed by atoms with Crippen LogP contribution in [0.25, 0.3) is 0 Å². The van der Waals surface area contributed by atoms with E-state index in [-0.39, 0.29) is 18.1 Å². The van der Waals surface area contributed by atoms with E-state index in [0.717, 1.165) is 5.56 Å². The Kier molecular flexibility index (Phi) is 9.31.